The van der Waals surface area contributed by atoms with Gasteiger partial charge in [0.05, 0.1) is 12.7 Å². The molecule has 0 atom stereocenters. The lowest BCUT2D eigenvalue weighted by atomic mass is 10.4. The van der Waals surface area contributed by atoms with E-state index in [0.29, 0.717) is 6.61 Å². The van der Waals surface area contributed by atoms with Gasteiger partial charge in [0.25, 0.3) is 0 Å². The summed E-state index contributed by atoms with van der Waals surface area (Å²) in [6.45, 7) is 0.449. The fourth-order valence-corrected chi connectivity index (χ4v) is 0.881. The van der Waals surface area contributed by atoms with Gasteiger partial charge < -0.3 is 9.47 Å². The summed E-state index contributed by atoms with van der Waals surface area (Å²) < 4.78 is 47.2. The number of methoxy groups -OCH3 is 1. The Kier molecular flexibility index (Phi) is 3.57. The average molecular weight is 223 g/mol. The van der Waals surface area contributed by atoms with Gasteiger partial charge in [-0.3, -0.25) is 0 Å². The maximum absolute atomic E-state index is 12.2. The largest absolute Gasteiger partial charge is 0.475 e. The minimum Gasteiger partial charge on any atom is -0.475 e. The number of alkyl halides is 3. The average Bonchev–Trinajstić information content (AvgIpc) is 2.48. The first kappa shape index (κ1) is 11.8. The zero-order chi connectivity index (χ0) is 11.5. The molecular formula is C8H10F3N2O2. The third-order valence-electron chi connectivity index (χ3n) is 1.56. The molecule has 0 spiro atoms. The Morgan fingerprint density at radius 1 is 1.40 bits per heavy atom. The van der Waals surface area contributed by atoms with Crippen LogP contribution in [-0.2, 0) is 18.0 Å². The summed E-state index contributed by atoms with van der Waals surface area (Å²) in [5.74, 6) is -0.0561. The van der Waals surface area contributed by atoms with E-state index < -0.39 is 11.9 Å². The van der Waals surface area contributed by atoms with Gasteiger partial charge in [-0.25, -0.2) is 4.68 Å². The van der Waals surface area contributed by atoms with Gasteiger partial charge in [-0.2, -0.15) is 18.3 Å². The van der Waals surface area contributed by atoms with Crippen molar-refractivity contribution in [1.82, 2.24) is 9.78 Å². The van der Waals surface area contributed by atoms with Crippen molar-refractivity contribution in [3.8, 4) is 5.88 Å². The quantitative estimate of drug-likeness (QED) is 0.721. The zero-order valence-corrected chi connectivity index (χ0v) is 8.26. The van der Waals surface area contributed by atoms with Crippen molar-refractivity contribution in [2.45, 2.75) is 6.18 Å². The first-order valence-corrected chi connectivity index (χ1v) is 4.10. The summed E-state index contributed by atoms with van der Waals surface area (Å²) in [5, 5.41) is 3.23. The number of ether oxygens (including phenoxy) is 2. The minimum absolute atomic E-state index is 0.0561. The second-order valence-electron chi connectivity index (χ2n) is 2.74. The van der Waals surface area contributed by atoms with Gasteiger partial charge in [0.1, 0.15) is 6.61 Å². The molecule has 1 aromatic heterocycles. The third kappa shape index (κ3) is 3.12. The van der Waals surface area contributed by atoms with Crippen molar-refractivity contribution in [3.63, 3.8) is 0 Å². The lowest BCUT2D eigenvalue weighted by Gasteiger charge is -2.03. The van der Waals surface area contributed by atoms with Gasteiger partial charge in [0.15, 0.2) is 5.69 Å². The summed E-state index contributed by atoms with van der Waals surface area (Å²) in [6, 6.07) is 2.03. The van der Waals surface area contributed by atoms with Crippen LogP contribution in [0.3, 0.4) is 0 Å². The van der Waals surface area contributed by atoms with E-state index in [1.165, 1.54) is 14.2 Å². The maximum atomic E-state index is 12.2. The second kappa shape index (κ2) is 4.52. The molecule has 1 aromatic rings. The number of halogens is 3. The predicted octanol–water partition coefficient (Wildman–Crippen LogP) is 1.26. The number of rotatable bonds is 4. The Morgan fingerprint density at radius 2 is 2.07 bits per heavy atom. The molecule has 1 heterocycles. The molecule has 0 unspecified atom stereocenters. The minimum atomic E-state index is -4.50. The molecule has 1 radical (unpaired) electrons. The monoisotopic (exact) mass is 223 g/mol. The number of aryl methyl sites for hydroxylation is 1. The van der Waals surface area contributed by atoms with Crippen LogP contribution in [-0.4, -0.2) is 30.1 Å². The molecule has 7 heteroatoms. The molecular weight excluding hydrogens is 213 g/mol. The standard InChI is InChI=1S/C8H10F3N2O2/c1-13-7(15-4-3-14-2)5-6(12-13)8(9,10)11/h3-4H2,1-2H3. The fourth-order valence-electron chi connectivity index (χ4n) is 0.881. The first-order valence-electron chi connectivity index (χ1n) is 4.10. The summed E-state index contributed by atoms with van der Waals surface area (Å²) in [5.41, 5.74) is -1.09. The van der Waals surface area contributed by atoms with Crippen molar-refractivity contribution >= 4 is 0 Å². The summed E-state index contributed by atoms with van der Waals surface area (Å²) in [6.07, 6.45) is -4.50. The van der Waals surface area contributed by atoms with Gasteiger partial charge in [-0.15, -0.1) is 0 Å². The van der Waals surface area contributed by atoms with E-state index in [4.69, 9.17) is 4.74 Å². The molecule has 0 bridgehead atoms. The predicted molar refractivity (Wildman–Crippen MR) is 44.4 cm³/mol. The summed E-state index contributed by atoms with van der Waals surface area (Å²) >= 11 is 0. The Hall–Kier alpha value is -1.24. The second-order valence-corrected chi connectivity index (χ2v) is 2.74. The van der Waals surface area contributed by atoms with Crippen LogP contribution in [0.5, 0.6) is 5.88 Å². The lowest BCUT2D eigenvalue weighted by Crippen LogP contribution is -2.07. The molecule has 4 nitrogen and oxygen atoms in total. The molecule has 85 valence electrons. The van der Waals surface area contributed by atoms with Crippen molar-refractivity contribution < 1.29 is 22.6 Å². The molecule has 0 aliphatic rings. The Morgan fingerprint density at radius 3 is 2.53 bits per heavy atom. The molecule has 0 saturated heterocycles. The highest BCUT2D eigenvalue weighted by Gasteiger charge is 2.35. The molecule has 0 saturated carbocycles. The van der Waals surface area contributed by atoms with E-state index in [1.807, 2.05) is 6.07 Å². The summed E-state index contributed by atoms with van der Waals surface area (Å²) in [7, 11) is 2.82. The maximum Gasteiger partial charge on any atom is 0.435 e. The highest BCUT2D eigenvalue weighted by atomic mass is 19.4. The Labute approximate surface area is 84.6 Å². The van der Waals surface area contributed by atoms with Gasteiger partial charge in [0.2, 0.25) is 5.88 Å². The molecule has 15 heavy (non-hydrogen) atoms. The van der Waals surface area contributed by atoms with Crippen LogP contribution in [0.1, 0.15) is 5.69 Å². The van der Waals surface area contributed by atoms with E-state index in [0.717, 1.165) is 4.68 Å². The van der Waals surface area contributed by atoms with Crippen LogP contribution in [0.2, 0.25) is 0 Å². The van der Waals surface area contributed by atoms with Crippen LogP contribution in [0, 0.1) is 6.07 Å². The molecule has 1 rings (SSSR count). The van der Waals surface area contributed by atoms with E-state index >= 15 is 0 Å². The third-order valence-corrected chi connectivity index (χ3v) is 1.56. The van der Waals surface area contributed by atoms with Gasteiger partial charge in [0, 0.05) is 14.2 Å². The van der Waals surface area contributed by atoms with E-state index in [-0.39, 0.29) is 12.5 Å². The van der Waals surface area contributed by atoms with Crippen LogP contribution in [0.15, 0.2) is 0 Å². The van der Waals surface area contributed by atoms with Crippen LogP contribution in [0.4, 0.5) is 13.2 Å². The van der Waals surface area contributed by atoms with Crippen LogP contribution in [0.25, 0.3) is 0 Å². The van der Waals surface area contributed by atoms with E-state index in [9.17, 15) is 13.2 Å². The number of hydrogen-bond donors (Lipinski definition) is 0. The SMILES string of the molecule is COCCOc1[c]c(C(F)(F)F)nn1C. The van der Waals surface area contributed by atoms with Crippen LogP contribution < -0.4 is 4.74 Å². The van der Waals surface area contributed by atoms with E-state index in [1.54, 1.807) is 0 Å². The van der Waals surface area contributed by atoms with Gasteiger partial charge >= 0.3 is 6.18 Å². The molecule has 0 N–H and O–H groups in total. The molecule has 0 aliphatic carbocycles. The molecule has 0 aliphatic heterocycles. The van der Waals surface area contributed by atoms with Crippen LogP contribution >= 0.6 is 0 Å². The lowest BCUT2D eigenvalue weighted by molar-refractivity contribution is -0.141. The van der Waals surface area contributed by atoms with Crippen molar-refractivity contribution in [2.75, 3.05) is 20.3 Å². The molecule has 0 amide bonds. The topological polar surface area (TPSA) is 36.3 Å². The van der Waals surface area contributed by atoms with E-state index in [2.05, 4.69) is 9.84 Å². The zero-order valence-electron chi connectivity index (χ0n) is 8.26. The molecule has 0 aromatic carbocycles. The highest BCUT2D eigenvalue weighted by molar-refractivity contribution is 5.15. The first-order chi connectivity index (χ1) is 6.95. The smallest absolute Gasteiger partial charge is 0.435 e. The fraction of sp³-hybridized carbons (Fsp3) is 0.625. The highest BCUT2D eigenvalue weighted by Crippen LogP contribution is 2.29. The van der Waals surface area contributed by atoms with Gasteiger partial charge in [-0.05, 0) is 0 Å². The Bertz CT molecular complexity index is 322. The molecule has 0 fully saturated rings. The number of aromatic nitrogens is 2. The number of hydrogen-bond acceptors (Lipinski definition) is 3. The van der Waals surface area contributed by atoms with Crippen molar-refractivity contribution in [3.05, 3.63) is 11.8 Å². The summed E-state index contributed by atoms with van der Waals surface area (Å²) in [4.78, 5) is 0. The normalized spacial score (nSPS) is 11.8. The van der Waals surface area contributed by atoms with Crippen molar-refractivity contribution in [1.29, 1.82) is 0 Å². The number of nitrogens with zero attached hydrogens (tertiary/aromatic N) is 2. The van der Waals surface area contributed by atoms with Crippen molar-refractivity contribution in [2.24, 2.45) is 7.05 Å². The Balaban J connectivity index is 2.69. The van der Waals surface area contributed by atoms with Gasteiger partial charge in [-0.1, -0.05) is 0 Å².